The van der Waals surface area contributed by atoms with Gasteiger partial charge in [-0.15, -0.1) is 0 Å². The van der Waals surface area contributed by atoms with Gasteiger partial charge in [-0.1, -0.05) is 29.0 Å². The Morgan fingerprint density at radius 1 is 1.38 bits per heavy atom. The van der Waals surface area contributed by atoms with Crippen molar-refractivity contribution in [3.05, 3.63) is 35.0 Å². The first-order valence-corrected chi connectivity index (χ1v) is 10.1. The molecule has 0 aliphatic rings. The maximum Gasteiger partial charge on any atom is 0.336 e. The maximum atomic E-state index is 11.8. The smallest absolute Gasteiger partial charge is 0.336 e. The van der Waals surface area contributed by atoms with Crippen molar-refractivity contribution in [1.29, 1.82) is 0 Å². The van der Waals surface area contributed by atoms with Gasteiger partial charge in [0.25, 0.3) is 5.91 Å². The Morgan fingerprint density at radius 3 is 2.77 bits per heavy atom. The van der Waals surface area contributed by atoms with Crippen LogP contribution in [0.5, 0.6) is 10.8 Å². The monoisotopic (exact) mass is 419 g/mol. The van der Waals surface area contributed by atoms with Gasteiger partial charge in [0.1, 0.15) is 12.4 Å². The van der Waals surface area contributed by atoms with Crippen molar-refractivity contribution in [2.75, 3.05) is 11.9 Å². The van der Waals surface area contributed by atoms with Gasteiger partial charge >= 0.3 is 10.3 Å². The van der Waals surface area contributed by atoms with Gasteiger partial charge in [-0.25, -0.2) is 9.17 Å². The molecule has 1 aromatic heterocycles. The molecule has 0 bridgehead atoms. The number of halogens is 1. The summed E-state index contributed by atoms with van der Waals surface area (Å²) in [6.45, 7) is 4.34. The number of ether oxygens (including phenoxy) is 1. The second kappa shape index (κ2) is 8.78. The van der Waals surface area contributed by atoms with E-state index in [0.717, 1.165) is 11.3 Å². The topological polar surface area (TPSA) is 107 Å². The van der Waals surface area contributed by atoms with Crippen molar-refractivity contribution < 1.29 is 22.1 Å². The molecule has 0 aliphatic heterocycles. The fraction of sp³-hybridized carbons (Fsp3) is 0.333. The molecule has 0 aliphatic carbocycles. The van der Waals surface area contributed by atoms with Crippen molar-refractivity contribution in [2.24, 2.45) is 0 Å². The summed E-state index contributed by atoms with van der Waals surface area (Å²) < 4.78 is 35.6. The summed E-state index contributed by atoms with van der Waals surface area (Å²) in [5.41, 5.74) is 0.570. The highest BCUT2D eigenvalue weighted by atomic mass is 35.5. The highest BCUT2D eigenvalue weighted by Gasteiger charge is 2.17. The number of benzene rings is 1. The molecular formula is C15H18ClN3O5S2. The molecule has 2 aromatic rings. The Labute approximate surface area is 160 Å². The summed E-state index contributed by atoms with van der Waals surface area (Å²) in [6, 6.07) is 6.53. The molecule has 0 unspecified atom stereocenters. The van der Waals surface area contributed by atoms with E-state index in [-0.39, 0.29) is 11.2 Å². The number of thiazole rings is 1. The number of aromatic nitrogens is 1. The van der Waals surface area contributed by atoms with Crippen LogP contribution in [-0.4, -0.2) is 32.0 Å². The van der Waals surface area contributed by atoms with Gasteiger partial charge < -0.3 is 4.74 Å². The predicted molar refractivity (Wildman–Crippen MR) is 100 cm³/mol. The number of rotatable bonds is 8. The molecule has 1 amide bonds. The second-order valence-electron chi connectivity index (χ2n) is 5.49. The molecule has 11 heteroatoms. The van der Waals surface area contributed by atoms with E-state index in [0.29, 0.717) is 21.5 Å². The molecular weight excluding hydrogens is 402 g/mol. The van der Waals surface area contributed by atoms with Gasteiger partial charge in [-0.2, -0.15) is 13.1 Å². The summed E-state index contributed by atoms with van der Waals surface area (Å²) in [6.07, 6.45) is 0. The number of nitrogens with one attached hydrogen (secondary N) is 2. The lowest BCUT2D eigenvalue weighted by atomic mass is 10.3. The number of nitrogens with zero attached hydrogens (tertiary/aromatic N) is 1. The minimum Gasteiger partial charge on any atom is -0.445 e. The summed E-state index contributed by atoms with van der Waals surface area (Å²) in [5, 5.41) is 3.76. The van der Waals surface area contributed by atoms with Crippen LogP contribution >= 0.6 is 22.9 Å². The van der Waals surface area contributed by atoms with Gasteiger partial charge in [0.15, 0.2) is 5.13 Å². The highest BCUT2D eigenvalue weighted by molar-refractivity contribution is 7.84. The van der Waals surface area contributed by atoms with Gasteiger partial charge in [-0.05, 0) is 39.0 Å². The van der Waals surface area contributed by atoms with E-state index in [4.69, 9.17) is 16.3 Å². The largest absolute Gasteiger partial charge is 0.445 e. The lowest BCUT2D eigenvalue weighted by Crippen LogP contribution is -2.34. The van der Waals surface area contributed by atoms with E-state index in [2.05, 4.69) is 19.2 Å². The number of anilines is 1. The third-order valence-corrected chi connectivity index (χ3v) is 5.11. The van der Waals surface area contributed by atoms with Crippen LogP contribution in [0.4, 0.5) is 5.13 Å². The van der Waals surface area contributed by atoms with Crippen molar-refractivity contribution >= 4 is 44.3 Å². The number of hydrogen-bond acceptors (Lipinski definition) is 7. The minimum atomic E-state index is -3.98. The molecule has 1 aromatic carbocycles. The quantitative estimate of drug-likeness (QED) is 0.680. The van der Waals surface area contributed by atoms with E-state index in [1.807, 2.05) is 0 Å². The van der Waals surface area contributed by atoms with E-state index < -0.39 is 22.8 Å². The fourth-order valence-corrected chi connectivity index (χ4v) is 3.72. The molecule has 0 saturated heterocycles. The Morgan fingerprint density at radius 2 is 2.12 bits per heavy atom. The van der Waals surface area contributed by atoms with Gasteiger partial charge in [-0.3, -0.25) is 10.1 Å². The van der Waals surface area contributed by atoms with E-state index >= 15 is 0 Å². The van der Waals surface area contributed by atoms with Crippen LogP contribution in [0, 0.1) is 6.92 Å². The highest BCUT2D eigenvalue weighted by Crippen LogP contribution is 2.34. The molecule has 8 nitrogen and oxygen atoms in total. The van der Waals surface area contributed by atoms with Gasteiger partial charge in [0.2, 0.25) is 5.06 Å². The van der Waals surface area contributed by atoms with Crippen LogP contribution < -0.4 is 14.8 Å². The fourth-order valence-electron chi connectivity index (χ4n) is 1.78. The van der Waals surface area contributed by atoms with Gasteiger partial charge in [0.05, 0.1) is 5.69 Å². The average molecular weight is 420 g/mol. The van der Waals surface area contributed by atoms with E-state index in [9.17, 15) is 13.2 Å². The Bertz CT molecular complexity index is 883. The molecule has 0 radical (unpaired) electrons. The predicted octanol–water partition coefficient (Wildman–Crippen LogP) is 3.10. The standard InChI is InChI=1S/C15H18ClN3O5S2/c1-9(2)19-26(21,22)23-8-13(20)18-15-17-10(3)14(25-15)24-12-6-4-5-11(16)7-12/h4-7,9,19H,8H2,1-3H3,(H,17,18,20). The first-order valence-electron chi connectivity index (χ1n) is 7.52. The summed E-state index contributed by atoms with van der Waals surface area (Å²) >= 11 is 7.01. The SMILES string of the molecule is Cc1nc(NC(=O)COS(=O)(=O)NC(C)C)sc1Oc1cccc(Cl)c1. The molecule has 0 spiro atoms. The number of aryl methyl sites for hydroxylation is 1. The van der Waals surface area contributed by atoms with Crippen LogP contribution in [0.1, 0.15) is 19.5 Å². The summed E-state index contributed by atoms with van der Waals surface area (Å²) in [5.74, 6) is -0.113. The van der Waals surface area contributed by atoms with Crippen LogP contribution in [-0.2, 0) is 19.3 Å². The molecule has 142 valence electrons. The zero-order valence-corrected chi connectivity index (χ0v) is 16.7. The van der Waals surface area contributed by atoms with E-state index in [1.165, 1.54) is 0 Å². The number of hydrogen-bond donors (Lipinski definition) is 2. The zero-order chi connectivity index (χ0) is 19.3. The third-order valence-electron chi connectivity index (χ3n) is 2.73. The average Bonchev–Trinajstić information content (AvgIpc) is 2.83. The minimum absolute atomic E-state index is 0.266. The van der Waals surface area contributed by atoms with Crippen LogP contribution in [0.3, 0.4) is 0 Å². The molecule has 26 heavy (non-hydrogen) atoms. The first-order chi connectivity index (χ1) is 12.1. The maximum absolute atomic E-state index is 11.8. The van der Waals surface area contributed by atoms with Crippen molar-refractivity contribution in [2.45, 2.75) is 26.8 Å². The Hall–Kier alpha value is -1.72. The van der Waals surface area contributed by atoms with Crippen molar-refractivity contribution in [3.8, 4) is 10.8 Å². The number of carbonyl (C=O) groups excluding carboxylic acids is 1. The normalized spacial score (nSPS) is 11.6. The van der Waals surface area contributed by atoms with Crippen molar-refractivity contribution in [1.82, 2.24) is 9.71 Å². The van der Waals surface area contributed by atoms with Gasteiger partial charge in [0, 0.05) is 11.1 Å². The third kappa shape index (κ3) is 6.54. The number of carbonyl (C=O) groups is 1. The Balaban J connectivity index is 1.95. The lowest BCUT2D eigenvalue weighted by molar-refractivity contribution is -0.118. The zero-order valence-electron chi connectivity index (χ0n) is 14.3. The van der Waals surface area contributed by atoms with Crippen LogP contribution in [0.2, 0.25) is 5.02 Å². The molecule has 1 heterocycles. The molecule has 0 saturated carbocycles. The molecule has 2 N–H and O–H groups in total. The first kappa shape index (κ1) is 20.6. The van der Waals surface area contributed by atoms with E-state index in [1.54, 1.807) is 45.0 Å². The Kier molecular flexibility index (Phi) is 6.95. The molecule has 0 atom stereocenters. The lowest BCUT2D eigenvalue weighted by Gasteiger charge is -2.08. The second-order valence-corrected chi connectivity index (χ2v) is 8.27. The summed E-state index contributed by atoms with van der Waals surface area (Å²) in [7, 11) is -3.98. The van der Waals surface area contributed by atoms with Crippen LogP contribution in [0.15, 0.2) is 24.3 Å². The molecule has 0 fully saturated rings. The summed E-state index contributed by atoms with van der Waals surface area (Å²) in [4.78, 5) is 16.0. The molecule has 2 rings (SSSR count). The van der Waals surface area contributed by atoms with Crippen LogP contribution in [0.25, 0.3) is 0 Å². The van der Waals surface area contributed by atoms with Crippen molar-refractivity contribution in [3.63, 3.8) is 0 Å². The number of amides is 1.